The van der Waals surface area contributed by atoms with Gasteiger partial charge in [0.1, 0.15) is 11.4 Å². The Bertz CT molecular complexity index is 1200. The molecule has 0 saturated carbocycles. The fourth-order valence-electron chi connectivity index (χ4n) is 2.07. The summed E-state index contributed by atoms with van der Waals surface area (Å²) in [4.78, 5) is 34.5. The lowest BCUT2D eigenvalue weighted by Crippen LogP contribution is -2.24. The molecule has 10 nitrogen and oxygen atoms in total. The fourth-order valence-corrected chi connectivity index (χ4v) is 3.08. The lowest BCUT2D eigenvalue weighted by molar-refractivity contribution is 0.447. The third-order valence-electron chi connectivity index (χ3n) is 3.35. The quantitative estimate of drug-likeness (QED) is 0.472. The monoisotopic (exact) mass is 387 g/mol. The minimum atomic E-state index is -3.81. The van der Waals surface area contributed by atoms with Crippen LogP contribution in [0.5, 0.6) is 5.88 Å². The number of aromatic nitrogens is 3. The molecule has 2 aromatic heterocycles. The first-order valence-corrected chi connectivity index (χ1v) is 8.97. The summed E-state index contributed by atoms with van der Waals surface area (Å²) in [6.07, 6.45) is 2.52. The van der Waals surface area contributed by atoms with Gasteiger partial charge in [-0.3, -0.25) is 24.5 Å². The first-order chi connectivity index (χ1) is 12.8. The molecule has 2 heterocycles. The summed E-state index contributed by atoms with van der Waals surface area (Å²) in [7, 11) is -3.81. The topological polar surface area (TPSA) is 157 Å². The van der Waals surface area contributed by atoms with E-state index in [0.29, 0.717) is 5.69 Å². The maximum absolute atomic E-state index is 12.3. The van der Waals surface area contributed by atoms with Crippen LogP contribution in [0.1, 0.15) is 5.56 Å². The van der Waals surface area contributed by atoms with Crippen LogP contribution in [0.15, 0.2) is 68.1 Å². The Morgan fingerprint density at radius 1 is 1.07 bits per heavy atom. The number of anilines is 1. The first-order valence-electron chi connectivity index (χ1n) is 7.49. The number of aromatic amines is 2. The highest BCUT2D eigenvalue weighted by Crippen LogP contribution is 2.19. The second kappa shape index (κ2) is 7.25. The van der Waals surface area contributed by atoms with Crippen molar-refractivity contribution < 1.29 is 13.5 Å². The second-order valence-electron chi connectivity index (χ2n) is 5.24. The van der Waals surface area contributed by atoms with Gasteiger partial charge in [0.15, 0.2) is 0 Å². The van der Waals surface area contributed by atoms with Gasteiger partial charge < -0.3 is 5.11 Å². The summed E-state index contributed by atoms with van der Waals surface area (Å²) in [5.41, 5.74) is -1.55. The van der Waals surface area contributed by atoms with Gasteiger partial charge in [0.25, 0.3) is 15.6 Å². The molecule has 0 unspecified atom stereocenters. The third-order valence-corrected chi connectivity index (χ3v) is 4.72. The summed E-state index contributed by atoms with van der Waals surface area (Å²) in [6.45, 7) is 0. The van der Waals surface area contributed by atoms with Gasteiger partial charge >= 0.3 is 5.69 Å². The molecule has 0 bridgehead atoms. The number of hydrogen-bond acceptors (Lipinski definition) is 7. The number of aliphatic imine (C=N–C) groups is 1. The van der Waals surface area contributed by atoms with E-state index in [2.05, 4.69) is 14.7 Å². The normalized spacial score (nSPS) is 11.6. The van der Waals surface area contributed by atoms with Gasteiger partial charge in [0, 0.05) is 12.4 Å². The predicted molar refractivity (Wildman–Crippen MR) is 98.1 cm³/mol. The zero-order chi connectivity index (χ0) is 19.4. The molecule has 0 atom stereocenters. The van der Waals surface area contributed by atoms with Crippen LogP contribution in [0.2, 0.25) is 0 Å². The van der Waals surface area contributed by atoms with Crippen LogP contribution in [0.25, 0.3) is 0 Å². The fraction of sp³-hybridized carbons (Fsp3) is 0. The van der Waals surface area contributed by atoms with Crippen molar-refractivity contribution in [1.29, 1.82) is 0 Å². The highest BCUT2D eigenvalue weighted by atomic mass is 32.2. The Morgan fingerprint density at radius 3 is 2.44 bits per heavy atom. The van der Waals surface area contributed by atoms with Crippen molar-refractivity contribution in [2.24, 2.45) is 4.99 Å². The number of nitrogens with zero attached hydrogens (tertiary/aromatic N) is 2. The molecule has 4 N–H and O–H groups in total. The molecule has 3 aromatic rings. The van der Waals surface area contributed by atoms with Gasteiger partial charge in [-0.25, -0.2) is 18.2 Å². The number of H-pyrrole nitrogens is 2. The first kappa shape index (κ1) is 18.1. The van der Waals surface area contributed by atoms with Crippen LogP contribution >= 0.6 is 0 Å². The number of sulfonamides is 1. The van der Waals surface area contributed by atoms with E-state index in [0.717, 1.165) is 6.21 Å². The number of aromatic hydroxyl groups is 1. The van der Waals surface area contributed by atoms with Gasteiger partial charge in [0.2, 0.25) is 5.88 Å². The molecule has 0 aliphatic rings. The molecule has 0 aliphatic heterocycles. The summed E-state index contributed by atoms with van der Waals surface area (Å²) >= 11 is 0. The number of rotatable bonds is 5. The van der Waals surface area contributed by atoms with E-state index < -0.39 is 27.2 Å². The zero-order valence-electron chi connectivity index (χ0n) is 13.6. The van der Waals surface area contributed by atoms with Crippen molar-refractivity contribution in [3.8, 4) is 5.88 Å². The van der Waals surface area contributed by atoms with Gasteiger partial charge in [-0.2, -0.15) is 0 Å². The van der Waals surface area contributed by atoms with Crippen LogP contribution in [-0.4, -0.2) is 34.7 Å². The Hall–Kier alpha value is -3.73. The molecular weight excluding hydrogens is 374 g/mol. The number of nitrogens with one attached hydrogen (secondary N) is 3. The molecule has 27 heavy (non-hydrogen) atoms. The standard InChI is InChI=1S/C16H13N5O5S/c22-14-12(15(23)20-16(24)19-14)9-18-10-4-6-11(7-5-10)27(25,26)21-13-3-1-2-8-17-13/h1-9H,(H,17,21)(H3,19,20,22,23,24). The van der Waals surface area contributed by atoms with Gasteiger partial charge in [0.05, 0.1) is 10.6 Å². The molecule has 0 saturated heterocycles. The SMILES string of the molecule is O=c1[nH]c(O)c(C=Nc2ccc(S(=O)(=O)Nc3ccccn3)cc2)c(=O)[nH]1. The molecule has 3 rings (SSSR count). The summed E-state index contributed by atoms with van der Waals surface area (Å²) in [6, 6.07) is 10.3. The molecule has 0 radical (unpaired) electrons. The van der Waals surface area contributed by atoms with Crippen molar-refractivity contribution in [2.75, 3.05) is 4.72 Å². The minimum Gasteiger partial charge on any atom is -0.494 e. The Labute approximate surface area is 152 Å². The van der Waals surface area contributed by atoms with E-state index in [1.165, 1.54) is 36.5 Å². The third kappa shape index (κ3) is 4.27. The lowest BCUT2D eigenvalue weighted by atomic mass is 10.3. The summed E-state index contributed by atoms with van der Waals surface area (Å²) in [5.74, 6) is -0.432. The highest BCUT2D eigenvalue weighted by molar-refractivity contribution is 7.92. The average Bonchev–Trinajstić information content (AvgIpc) is 2.61. The molecule has 0 amide bonds. The van der Waals surface area contributed by atoms with E-state index in [1.807, 2.05) is 9.97 Å². The number of pyridine rings is 1. The van der Waals surface area contributed by atoms with E-state index >= 15 is 0 Å². The zero-order valence-corrected chi connectivity index (χ0v) is 14.4. The smallest absolute Gasteiger partial charge is 0.328 e. The molecular formula is C16H13N5O5S. The van der Waals surface area contributed by atoms with Crippen LogP contribution in [0.3, 0.4) is 0 Å². The number of benzene rings is 1. The lowest BCUT2D eigenvalue weighted by Gasteiger charge is -2.07. The molecule has 11 heteroatoms. The molecule has 138 valence electrons. The number of hydrogen-bond donors (Lipinski definition) is 4. The van der Waals surface area contributed by atoms with Crippen LogP contribution in [-0.2, 0) is 10.0 Å². The van der Waals surface area contributed by atoms with Crippen LogP contribution in [0.4, 0.5) is 11.5 Å². The van der Waals surface area contributed by atoms with Gasteiger partial charge in [-0.15, -0.1) is 0 Å². The van der Waals surface area contributed by atoms with Crippen molar-refractivity contribution >= 4 is 27.7 Å². The van der Waals surface area contributed by atoms with Crippen LogP contribution < -0.4 is 16.0 Å². The largest absolute Gasteiger partial charge is 0.494 e. The van der Waals surface area contributed by atoms with Crippen LogP contribution in [0, 0.1) is 0 Å². The van der Waals surface area contributed by atoms with E-state index in [4.69, 9.17) is 0 Å². The van der Waals surface area contributed by atoms with E-state index in [1.54, 1.807) is 12.1 Å². The van der Waals surface area contributed by atoms with Gasteiger partial charge in [-0.05, 0) is 36.4 Å². The maximum Gasteiger partial charge on any atom is 0.328 e. The molecule has 0 fully saturated rings. The van der Waals surface area contributed by atoms with Crippen molar-refractivity contribution in [3.63, 3.8) is 0 Å². The summed E-state index contributed by atoms with van der Waals surface area (Å²) in [5, 5.41) is 9.58. The van der Waals surface area contributed by atoms with Crippen molar-refractivity contribution in [1.82, 2.24) is 15.0 Å². The van der Waals surface area contributed by atoms with E-state index in [-0.39, 0.29) is 16.3 Å². The Balaban J connectivity index is 1.82. The summed E-state index contributed by atoms with van der Waals surface area (Å²) < 4.78 is 27.0. The average molecular weight is 387 g/mol. The van der Waals surface area contributed by atoms with Gasteiger partial charge in [-0.1, -0.05) is 6.07 Å². The van der Waals surface area contributed by atoms with Crippen molar-refractivity contribution in [3.05, 3.63) is 75.1 Å². The second-order valence-corrected chi connectivity index (χ2v) is 6.93. The molecule has 0 aliphatic carbocycles. The Kier molecular flexibility index (Phi) is 4.86. The molecule has 1 aromatic carbocycles. The van der Waals surface area contributed by atoms with E-state index in [9.17, 15) is 23.1 Å². The maximum atomic E-state index is 12.3. The molecule has 0 spiro atoms. The minimum absolute atomic E-state index is 0.00293. The Morgan fingerprint density at radius 2 is 1.81 bits per heavy atom. The predicted octanol–water partition coefficient (Wildman–Crippen LogP) is 0.715. The highest BCUT2D eigenvalue weighted by Gasteiger charge is 2.14. The van der Waals surface area contributed by atoms with Crippen molar-refractivity contribution in [2.45, 2.75) is 4.90 Å².